The molecule has 12 heavy (non-hydrogen) atoms. The van der Waals surface area contributed by atoms with Crippen LogP contribution in [0, 0.1) is 0 Å². The van der Waals surface area contributed by atoms with Gasteiger partial charge in [0.2, 0.25) is 0 Å². The van der Waals surface area contributed by atoms with Crippen molar-refractivity contribution >= 4 is 46.8 Å². The van der Waals surface area contributed by atoms with Gasteiger partial charge in [-0.2, -0.15) is 0 Å². The zero-order chi connectivity index (χ0) is 8.97. The second kappa shape index (κ2) is 6.02. The summed E-state index contributed by atoms with van der Waals surface area (Å²) in [5, 5.41) is 2.38. The molecular formula is C8H15Br2NSe. The van der Waals surface area contributed by atoms with Crippen LogP contribution in [0.25, 0.3) is 0 Å². The topological polar surface area (TPSA) is 3.24 Å². The average Bonchev–Trinajstić information content (AvgIpc) is 2.16. The first-order chi connectivity index (χ1) is 5.80. The van der Waals surface area contributed by atoms with E-state index in [0.29, 0.717) is 0 Å². The molecule has 4 heteroatoms. The normalized spacial score (nSPS) is 32.2. The molecular weight excluding hydrogens is 349 g/mol. The third-order valence-corrected chi connectivity index (χ3v) is 8.53. The van der Waals surface area contributed by atoms with Crippen molar-refractivity contribution < 1.29 is 0 Å². The van der Waals surface area contributed by atoms with Crippen LogP contribution >= 0.6 is 31.9 Å². The molecule has 0 saturated carbocycles. The zero-order valence-corrected chi connectivity index (χ0v) is 12.2. The summed E-state index contributed by atoms with van der Waals surface area (Å²) in [6.45, 7) is 6.09. The summed E-state index contributed by atoms with van der Waals surface area (Å²) >= 11 is 8.03. The Morgan fingerprint density at radius 2 is 1.75 bits per heavy atom. The van der Waals surface area contributed by atoms with Crippen LogP contribution in [0.4, 0.5) is 0 Å². The van der Waals surface area contributed by atoms with Crippen LogP contribution in [0.3, 0.4) is 0 Å². The third kappa shape index (κ3) is 3.30. The molecule has 0 aromatic heterocycles. The van der Waals surface area contributed by atoms with E-state index >= 15 is 0 Å². The number of hydrogen-bond acceptors (Lipinski definition) is 1. The van der Waals surface area contributed by atoms with Gasteiger partial charge in [0.05, 0.1) is 0 Å². The van der Waals surface area contributed by atoms with E-state index in [0.717, 1.165) is 24.6 Å². The summed E-state index contributed by atoms with van der Waals surface area (Å²) < 4.78 is 0. The summed E-state index contributed by atoms with van der Waals surface area (Å²) in [7, 11) is 0. The van der Waals surface area contributed by atoms with Crippen LogP contribution in [-0.4, -0.2) is 50.2 Å². The van der Waals surface area contributed by atoms with Crippen molar-refractivity contribution in [2.45, 2.75) is 16.6 Å². The molecule has 1 heterocycles. The van der Waals surface area contributed by atoms with E-state index in [1.54, 1.807) is 0 Å². The van der Waals surface area contributed by atoms with Gasteiger partial charge in [0.1, 0.15) is 0 Å². The van der Waals surface area contributed by atoms with Crippen LogP contribution in [0.1, 0.15) is 6.92 Å². The van der Waals surface area contributed by atoms with Gasteiger partial charge in [0, 0.05) is 0 Å². The molecule has 0 aromatic carbocycles. The standard InChI is InChI=1S/C8H15Br2NSe/c1-2-11-5-7(3-9)12-8(4-10)6-11/h7-8H,2-6H2,1H3. The van der Waals surface area contributed by atoms with Gasteiger partial charge in [-0.25, -0.2) is 0 Å². The number of alkyl halides is 2. The van der Waals surface area contributed by atoms with Crippen LogP contribution in [0.5, 0.6) is 0 Å². The van der Waals surface area contributed by atoms with Gasteiger partial charge in [-0.3, -0.25) is 0 Å². The minimum absolute atomic E-state index is 0.832. The summed E-state index contributed by atoms with van der Waals surface area (Å²) in [6, 6.07) is 0. The fourth-order valence-electron chi connectivity index (χ4n) is 1.44. The molecule has 0 spiro atoms. The molecule has 1 aliphatic heterocycles. The maximum absolute atomic E-state index is 3.60. The van der Waals surface area contributed by atoms with Gasteiger partial charge in [-0.05, 0) is 0 Å². The number of halogens is 2. The Balaban J connectivity index is 2.41. The van der Waals surface area contributed by atoms with Gasteiger partial charge in [-0.1, -0.05) is 0 Å². The maximum atomic E-state index is 3.60. The summed E-state index contributed by atoms with van der Waals surface area (Å²) in [4.78, 5) is 4.42. The third-order valence-electron chi connectivity index (χ3n) is 2.10. The molecule has 2 unspecified atom stereocenters. The van der Waals surface area contributed by atoms with Crippen molar-refractivity contribution in [3.8, 4) is 0 Å². The summed E-state index contributed by atoms with van der Waals surface area (Å²) in [5.41, 5.74) is 0. The minimum atomic E-state index is 0.832. The molecule has 0 radical (unpaired) electrons. The Morgan fingerprint density at radius 3 is 2.08 bits per heavy atom. The van der Waals surface area contributed by atoms with Crippen LogP contribution < -0.4 is 0 Å². The van der Waals surface area contributed by atoms with E-state index in [4.69, 9.17) is 0 Å². The first-order valence-electron chi connectivity index (χ1n) is 4.29. The average molecular weight is 364 g/mol. The Bertz CT molecular complexity index is 104. The molecule has 1 rings (SSSR count). The van der Waals surface area contributed by atoms with Crippen LogP contribution in [0.2, 0.25) is 9.63 Å². The van der Waals surface area contributed by atoms with Gasteiger partial charge >= 0.3 is 98.6 Å². The van der Waals surface area contributed by atoms with E-state index in [1.165, 1.54) is 30.3 Å². The Hall–Kier alpha value is 1.44. The van der Waals surface area contributed by atoms with E-state index < -0.39 is 0 Å². The second-order valence-corrected chi connectivity index (χ2v) is 7.70. The SMILES string of the molecule is CCN1CC(CBr)[Se]C(CBr)C1. The van der Waals surface area contributed by atoms with Gasteiger partial charge in [0.15, 0.2) is 0 Å². The predicted octanol–water partition coefficient (Wildman–Crippen LogP) is 2.39. The second-order valence-electron chi connectivity index (χ2n) is 3.04. The van der Waals surface area contributed by atoms with Crippen LogP contribution in [0.15, 0.2) is 0 Å². The molecule has 1 saturated heterocycles. The molecule has 0 bridgehead atoms. The molecule has 72 valence electrons. The van der Waals surface area contributed by atoms with Gasteiger partial charge < -0.3 is 0 Å². The fourth-order valence-corrected chi connectivity index (χ4v) is 6.13. The molecule has 0 amide bonds. The number of nitrogens with zero attached hydrogens (tertiary/aromatic N) is 1. The van der Waals surface area contributed by atoms with E-state index in [-0.39, 0.29) is 0 Å². The van der Waals surface area contributed by atoms with Crippen molar-refractivity contribution in [2.75, 3.05) is 30.3 Å². The van der Waals surface area contributed by atoms with Crippen molar-refractivity contribution in [2.24, 2.45) is 0 Å². The molecule has 0 N–H and O–H groups in total. The molecule has 0 aromatic rings. The van der Waals surface area contributed by atoms with Crippen LogP contribution in [-0.2, 0) is 0 Å². The quantitative estimate of drug-likeness (QED) is 0.549. The molecule has 1 nitrogen and oxygen atoms in total. The van der Waals surface area contributed by atoms with Crippen molar-refractivity contribution in [1.82, 2.24) is 4.90 Å². The molecule has 2 atom stereocenters. The number of rotatable bonds is 3. The number of hydrogen-bond donors (Lipinski definition) is 0. The Kier molecular flexibility index (Phi) is 5.78. The van der Waals surface area contributed by atoms with Crippen molar-refractivity contribution in [1.29, 1.82) is 0 Å². The first-order valence-corrected chi connectivity index (χ1v) is 8.52. The Morgan fingerprint density at radius 1 is 1.25 bits per heavy atom. The van der Waals surface area contributed by atoms with E-state index in [1.807, 2.05) is 0 Å². The van der Waals surface area contributed by atoms with E-state index in [9.17, 15) is 0 Å². The van der Waals surface area contributed by atoms with Gasteiger partial charge in [-0.15, -0.1) is 0 Å². The predicted molar refractivity (Wildman–Crippen MR) is 63.0 cm³/mol. The fraction of sp³-hybridized carbons (Fsp3) is 1.00. The van der Waals surface area contributed by atoms with Crippen molar-refractivity contribution in [3.05, 3.63) is 0 Å². The first kappa shape index (κ1) is 11.5. The molecule has 1 fully saturated rings. The monoisotopic (exact) mass is 363 g/mol. The summed E-state index contributed by atoms with van der Waals surface area (Å²) in [5.74, 6) is 0. The van der Waals surface area contributed by atoms with Crippen molar-refractivity contribution in [3.63, 3.8) is 0 Å². The van der Waals surface area contributed by atoms with Gasteiger partial charge in [0.25, 0.3) is 0 Å². The zero-order valence-electron chi connectivity index (χ0n) is 7.30. The molecule has 0 aliphatic carbocycles. The van der Waals surface area contributed by atoms with E-state index in [2.05, 4.69) is 43.7 Å². The molecule has 1 aliphatic rings. The Labute approximate surface area is 98.1 Å². The summed E-state index contributed by atoms with van der Waals surface area (Å²) in [6.07, 6.45) is 0.